The van der Waals surface area contributed by atoms with E-state index < -0.39 is 81.4 Å². The Morgan fingerprint density at radius 3 is 0.706 bits per heavy atom. The monoisotopic (exact) mass is 2600 g/mol. The molecule has 0 bridgehead atoms. The largest absolute Gasteiger partial charge is 0.305 e. The zero-order valence-electron chi connectivity index (χ0n) is 103. The zero-order valence-corrected chi connectivity index (χ0v) is 89.4. The summed E-state index contributed by atoms with van der Waals surface area (Å²) in [4.78, 5) is 30.0. The summed E-state index contributed by atoms with van der Waals surface area (Å²) in [6.07, 6.45) is 22.4. The quantitative estimate of drug-likeness (QED) is 0.0945. The number of pyridine rings is 7. The topological polar surface area (TPSA) is 90.2 Å². The van der Waals surface area contributed by atoms with Gasteiger partial charge in [-0.15, -0.1) is 248 Å². The van der Waals surface area contributed by atoms with Gasteiger partial charge in [0.25, 0.3) is 0 Å². The van der Waals surface area contributed by atoms with Crippen LogP contribution in [0.25, 0.3) is 78.8 Å². The predicted molar refractivity (Wildman–Crippen MR) is 574 cm³/mol. The fourth-order valence-electron chi connectivity index (χ4n) is 17.5. The molecule has 4 fully saturated rings. The van der Waals surface area contributed by atoms with E-state index in [9.17, 15) is 0 Å². The van der Waals surface area contributed by atoms with Crippen molar-refractivity contribution >= 4 is 0 Å². The number of hydrogen-bond acceptors (Lipinski definition) is 7. The zero-order chi connectivity index (χ0) is 115. The molecule has 0 spiro atoms. The molecule has 4 saturated carbocycles. The first kappa shape index (κ1) is 81.4. The number of rotatable bonds is 15. The molecule has 0 unspecified atom stereocenters. The minimum Gasteiger partial charge on any atom is -0.305 e. The van der Waals surface area contributed by atoms with Crippen LogP contribution in [0.2, 0.25) is 0 Å². The van der Waals surface area contributed by atoms with E-state index in [1.54, 1.807) is 69.0 Å². The third-order valence-corrected chi connectivity index (χ3v) is 25.3. The molecule has 732 valence electrons. The summed E-state index contributed by atoms with van der Waals surface area (Å²) in [7, 11) is 0. The molecule has 143 heavy (non-hydrogen) atoms. The molecule has 7 heterocycles. The fraction of sp³-hybridized carbons (Fsp3) is 0.235. The first-order valence-corrected chi connectivity index (χ1v) is 47.5. The van der Waals surface area contributed by atoms with Crippen molar-refractivity contribution < 1.29 is 112 Å². The average Bonchev–Trinajstić information content (AvgIpc) is 0.778. The van der Waals surface area contributed by atoms with Crippen molar-refractivity contribution in [2.75, 3.05) is 0 Å². The van der Waals surface area contributed by atoms with Crippen LogP contribution in [-0.4, -0.2) is 34.9 Å². The number of nitrogens with zero attached hydrogens (tertiary/aromatic N) is 7. The van der Waals surface area contributed by atoms with Crippen LogP contribution in [0.15, 0.2) is 395 Å². The summed E-state index contributed by atoms with van der Waals surface area (Å²) in [6.45, 7) is -7.29. The molecule has 7 nitrogen and oxygen atoms in total. The Hall–Kier alpha value is -11.9. The van der Waals surface area contributed by atoms with E-state index in [1.807, 2.05) is 267 Å². The molecule has 0 N–H and O–H groups in total. The molecule has 18 aromatic rings. The van der Waals surface area contributed by atoms with E-state index in [-0.39, 0.29) is 103 Å². The molecular weight excluding hydrogens is 2450 g/mol. The Morgan fingerprint density at radius 2 is 0.462 bits per heavy atom. The number of aromatic nitrogens is 7. The number of aryl methyl sites for hydroxylation is 7. The minimum atomic E-state index is -2.19. The van der Waals surface area contributed by atoms with Crippen molar-refractivity contribution in [1.29, 1.82) is 0 Å². The van der Waals surface area contributed by atoms with E-state index in [2.05, 4.69) is 102 Å². The molecule has 0 saturated heterocycles. The predicted octanol–water partition coefficient (Wildman–Crippen LogP) is 33.8. The normalized spacial score (nSPS) is 23.9. The molecule has 4 aliphatic carbocycles. The van der Waals surface area contributed by atoms with E-state index >= 15 is 0 Å². The number of hydrogen-bond donors (Lipinski definition) is 0. The molecule has 0 amide bonds. The second kappa shape index (κ2) is 57.5. The first-order valence-electron chi connectivity index (χ1n) is 59.0. The Kier molecular flexibility index (Phi) is 32.7. The molecule has 0 aliphatic heterocycles. The fourth-order valence-corrected chi connectivity index (χ4v) is 17.5. The Morgan fingerprint density at radius 1 is 0.203 bits per heavy atom. The SMILES string of the molecule is [2H]C([2H])([2H])c1c[c-]c(-c2cc(C)c(C([2H])([2H])[2H])cn2)cc1.[2H]C([2H])([2H])c1c[c-]c(-c2ccc(C([2H])([2H])[2H])cn2)cc1.[2H]C([2H])([2H])c1cnc(-c2[c-]cccc2)cc1C.[2H]C1(c2ccccc2)CCC([2H])(c2cc[c-]c(-c3ccccn3)c2)CC1.[2H]C1(c2ccccc2)CCC([2H])(c2cc[c-]c(-c3ccccn3)c2)CC1.[2H]C1(c2ccccc2)CCC([2H])(c2cc[c-]c(-c3ccccn3)c2)CC1.[2H]C1(c2ccccc2)CCC([2H])(c2cc[c-]c(-c3ccccn3)c2)CC1.[Ir].[Ir].[Ir].[Ir]. The third kappa shape index (κ3) is 32.5. The van der Waals surface area contributed by atoms with Crippen LogP contribution < -0.4 is 0 Å². The van der Waals surface area contributed by atoms with E-state index in [0.29, 0.717) is 136 Å². The van der Waals surface area contributed by atoms with Crippen molar-refractivity contribution in [1.82, 2.24) is 34.9 Å². The first-order chi connectivity index (χ1) is 77.1. The molecular formula is C132H126Ir4N7-7. The van der Waals surface area contributed by atoms with Gasteiger partial charge in [0.05, 0.1) is 0 Å². The molecule has 4 aliphatic rings. The van der Waals surface area contributed by atoms with Gasteiger partial charge in [-0.05, 0) is 287 Å². The minimum absolute atomic E-state index is 0. The Balaban J connectivity index is 0.000000170. The van der Waals surface area contributed by atoms with Crippen molar-refractivity contribution in [3.8, 4) is 78.8 Å². The van der Waals surface area contributed by atoms with Crippen LogP contribution in [-0.2, 0) is 80.4 Å². The molecule has 0 atom stereocenters. The van der Waals surface area contributed by atoms with Gasteiger partial charge in [-0.3, -0.25) is 0 Å². The van der Waals surface area contributed by atoms with Crippen molar-refractivity contribution in [2.45, 2.75) is 198 Å². The van der Waals surface area contributed by atoms with E-state index in [4.69, 9.17) is 31.5 Å². The van der Waals surface area contributed by atoms with Gasteiger partial charge in [-0.25, -0.2) is 0 Å². The van der Waals surface area contributed by atoms with Crippen LogP contribution in [0.5, 0.6) is 0 Å². The van der Waals surface area contributed by atoms with Crippen molar-refractivity contribution in [3.05, 3.63) is 521 Å². The van der Waals surface area contributed by atoms with Crippen LogP contribution in [0.4, 0.5) is 0 Å². The summed E-state index contributed by atoms with van der Waals surface area (Å²) in [5.41, 5.74) is 22.0. The maximum Gasteiger partial charge on any atom is 0.0352 e. The van der Waals surface area contributed by atoms with Gasteiger partial charge < -0.3 is 34.9 Å². The maximum absolute atomic E-state index is 9.04. The van der Waals surface area contributed by atoms with Gasteiger partial charge in [0.15, 0.2) is 0 Å². The van der Waals surface area contributed by atoms with Crippen molar-refractivity contribution in [2.24, 2.45) is 0 Å². The van der Waals surface area contributed by atoms with E-state index in [1.165, 1.54) is 48.9 Å². The van der Waals surface area contributed by atoms with Crippen molar-refractivity contribution in [3.63, 3.8) is 0 Å². The second-order valence-corrected chi connectivity index (χ2v) is 34.6. The van der Waals surface area contributed by atoms with Crippen LogP contribution in [0.3, 0.4) is 0 Å². The molecule has 11 aromatic carbocycles. The summed E-state index contributed by atoms with van der Waals surface area (Å²) in [5, 5.41) is 0. The Bertz CT molecular complexity index is 7180. The van der Waals surface area contributed by atoms with Gasteiger partial charge in [0.2, 0.25) is 0 Å². The Labute approximate surface area is 937 Å². The molecule has 4 radical (unpaired) electrons. The summed E-state index contributed by atoms with van der Waals surface area (Å²) < 4.78 is 182. The summed E-state index contributed by atoms with van der Waals surface area (Å²) in [5.74, 6) is -4.86. The van der Waals surface area contributed by atoms with Crippen LogP contribution in [0.1, 0.15) is 265 Å². The molecule has 11 heteroatoms. The average molecular weight is 2600 g/mol. The smallest absolute Gasteiger partial charge is 0.0352 e. The van der Waals surface area contributed by atoms with Gasteiger partial charge in [0.1, 0.15) is 0 Å². The second-order valence-electron chi connectivity index (χ2n) is 34.6. The van der Waals surface area contributed by atoms with Gasteiger partial charge in [-0.2, -0.15) is 0 Å². The van der Waals surface area contributed by atoms with Gasteiger partial charge in [-0.1, -0.05) is 219 Å². The molecule has 22 rings (SSSR count). The van der Waals surface area contributed by atoms with E-state index in [0.717, 1.165) is 106 Å². The summed E-state index contributed by atoms with van der Waals surface area (Å²) >= 11 is 0. The van der Waals surface area contributed by atoms with Crippen LogP contribution >= 0.6 is 0 Å². The maximum atomic E-state index is 9.04. The summed E-state index contributed by atoms with van der Waals surface area (Å²) in [6, 6.07) is 132. The number of benzene rings is 11. The van der Waals surface area contributed by atoms with Crippen LogP contribution in [0, 0.1) is 90.6 Å². The van der Waals surface area contributed by atoms with Gasteiger partial charge >= 0.3 is 0 Å². The third-order valence-electron chi connectivity index (χ3n) is 25.3. The standard InChI is InChI=1S/4C23H22N.C14H14N.2C13H12N.4Ir/c4*1-2-7-18(8-3-1)19-12-14-20(15-13-19)21-9-6-10-22(17-21)23-11-4-5-16-24-23;1-10-4-6-13(7-5-10)14-8-11(2)12(3)9-15-14;1-10-3-6-12(7-4-10)13-8-5-11(2)9-14-13;1-10-8-13(14-9-11(10)2)12-6-4-3-5-7-12;;;;/h4*1-9,11,16-17,19-20H,12-15H2;4-6,8-9H,1-3H3;2*3-6,8-9H,1-2H3;;;;/q7*-1;;;;/i4*19D,20D;1D3,3D3;1D3,2D3;2D3;;;;. The molecule has 7 aromatic heterocycles. The van der Waals surface area contributed by atoms with Gasteiger partial charge in [0, 0.05) is 155 Å².